The zero-order valence-corrected chi connectivity index (χ0v) is 16.7. The quantitative estimate of drug-likeness (QED) is 0.243. The van der Waals surface area contributed by atoms with Gasteiger partial charge in [-0.2, -0.15) is 0 Å². The van der Waals surface area contributed by atoms with Crippen LogP contribution < -0.4 is 15.2 Å². The van der Waals surface area contributed by atoms with Crippen molar-refractivity contribution in [2.75, 3.05) is 18.9 Å². The first-order chi connectivity index (χ1) is 13.6. The first kappa shape index (κ1) is 21.3. The molecule has 2 aromatic rings. The summed E-state index contributed by atoms with van der Waals surface area (Å²) in [5.74, 6) is 1.36. The lowest BCUT2D eigenvalue weighted by Crippen LogP contribution is -2.04. The van der Waals surface area contributed by atoms with Crippen molar-refractivity contribution in [1.29, 1.82) is 0 Å². The van der Waals surface area contributed by atoms with Crippen LogP contribution in [0.1, 0.15) is 48.2 Å². The van der Waals surface area contributed by atoms with Gasteiger partial charge in [-0.3, -0.25) is 4.79 Å². The largest absolute Gasteiger partial charge is 0.493 e. The predicted molar refractivity (Wildman–Crippen MR) is 116 cm³/mol. The van der Waals surface area contributed by atoms with Crippen molar-refractivity contribution in [2.45, 2.75) is 33.1 Å². The minimum Gasteiger partial charge on any atom is -0.493 e. The maximum Gasteiger partial charge on any atom is 0.185 e. The van der Waals surface area contributed by atoms with Crippen LogP contribution >= 0.6 is 0 Å². The van der Waals surface area contributed by atoms with Gasteiger partial charge in [0.15, 0.2) is 5.78 Å². The molecule has 0 radical (unpaired) electrons. The second-order valence-corrected chi connectivity index (χ2v) is 6.47. The standard InChI is InChI=1S/C24H29NO3/c1-4-7-19-10-15-23(27-16-5-2)21(24(19)28-17-6-3)13-14-22(26)18-8-11-20(25)12-9-18/h4,8-15H,1,5-7,16-17,25H2,2-3H3/b14-13+. The van der Waals surface area contributed by atoms with Crippen LogP contribution in [0.4, 0.5) is 5.69 Å². The van der Waals surface area contributed by atoms with Gasteiger partial charge in [0.2, 0.25) is 0 Å². The van der Waals surface area contributed by atoms with Crippen LogP contribution in [0.3, 0.4) is 0 Å². The van der Waals surface area contributed by atoms with E-state index < -0.39 is 0 Å². The summed E-state index contributed by atoms with van der Waals surface area (Å²) >= 11 is 0. The number of ether oxygens (including phenoxy) is 2. The van der Waals surface area contributed by atoms with Crippen LogP contribution in [0, 0.1) is 0 Å². The second kappa shape index (κ2) is 11.0. The third-order valence-electron chi connectivity index (χ3n) is 4.11. The summed E-state index contributed by atoms with van der Waals surface area (Å²) < 4.78 is 11.9. The third-order valence-corrected chi connectivity index (χ3v) is 4.11. The maximum atomic E-state index is 12.6. The molecule has 0 aliphatic rings. The Balaban J connectivity index is 2.43. The van der Waals surface area contributed by atoms with Gasteiger partial charge in [0, 0.05) is 11.3 Å². The van der Waals surface area contributed by atoms with Crippen molar-refractivity contribution < 1.29 is 14.3 Å². The average molecular weight is 380 g/mol. The Labute approximate surface area is 167 Å². The molecule has 2 N–H and O–H groups in total. The van der Waals surface area contributed by atoms with Crippen molar-refractivity contribution in [3.05, 3.63) is 71.8 Å². The van der Waals surface area contributed by atoms with E-state index in [1.807, 2.05) is 18.2 Å². The first-order valence-electron chi connectivity index (χ1n) is 9.71. The SMILES string of the molecule is C=CCc1ccc(OCCC)c(/C=C/C(=O)c2ccc(N)cc2)c1OCCC. The average Bonchev–Trinajstić information content (AvgIpc) is 2.70. The van der Waals surface area contributed by atoms with Gasteiger partial charge in [-0.25, -0.2) is 0 Å². The Hall–Kier alpha value is -3.01. The fourth-order valence-electron chi connectivity index (χ4n) is 2.72. The molecule has 0 aromatic heterocycles. The summed E-state index contributed by atoms with van der Waals surface area (Å²) in [7, 11) is 0. The van der Waals surface area contributed by atoms with Gasteiger partial charge in [0.05, 0.1) is 18.8 Å². The minimum atomic E-state index is -0.1000. The van der Waals surface area contributed by atoms with Crippen LogP contribution in [0.2, 0.25) is 0 Å². The van der Waals surface area contributed by atoms with Gasteiger partial charge >= 0.3 is 0 Å². The molecule has 0 fully saturated rings. The molecular formula is C24H29NO3. The molecule has 2 rings (SSSR count). The summed E-state index contributed by atoms with van der Waals surface area (Å²) in [5.41, 5.74) is 8.71. The predicted octanol–water partition coefficient (Wildman–Crippen LogP) is 5.47. The highest BCUT2D eigenvalue weighted by Crippen LogP contribution is 2.35. The highest BCUT2D eigenvalue weighted by atomic mass is 16.5. The molecule has 0 saturated heterocycles. The molecule has 0 unspecified atom stereocenters. The number of rotatable bonds is 11. The summed E-state index contributed by atoms with van der Waals surface area (Å²) in [5, 5.41) is 0. The first-order valence-corrected chi connectivity index (χ1v) is 9.71. The van der Waals surface area contributed by atoms with Gasteiger partial charge in [-0.15, -0.1) is 6.58 Å². The molecule has 148 valence electrons. The molecule has 0 spiro atoms. The highest BCUT2D eigenvalue weighted by molar-refractivity contribution is 6.07. The van der Waals surface area contributed by atoms with Crippen LogP contribution in [0.5, 0.6) is 11.5 Å². The van der Waals surface area contributed by atoms with E-state index in [0.717, 1.165) is 29.7 Å². The molecule has 0 amide bonds. The number of nitrogens with two attached hydrogens (primary N) is 1. The monoisotopic (exact) mass is 379 g/mol. The van der Waals surface area contributed by atoms with Gasteiger partial charge in [-0.1, -0.05) is 26.0 Å². The van der Waals surface area contributed by atoms with Crippen LogP contribution in [0.15, 0.2) is 55.1 Å². The zero-order chi connectivity index (χ0) is 20.4. The van der Waals surface area contributed by atoms with E-state index >= 15 is 0 Å². The number of allylic oxidation sites excluding steroid dienone is 2. The fourth-order valence-corrected chi connectivity index (χ4v) is 2.72. The Bertz CT molecular complexity index is 822. The molecule has 4 heteroatoms. The summed E-state index contributed by atoms with van der Waals surface area (Å²) in [4.78, 5) is 12.6. The smallest absolute Gasteiger partial charge is 0.185 e. The van der Waals surface area contributed by atoms with Crippen molar-refractivity contribution in [1.82, 2.24) is 0 Å². The Morgan fingerprint density at radius 1 is 1.04 bits per heavy atom. The fraction of sp³-hybridized carbons (Fsp3) is 0.292. The molecule has 0 atom stereocenters. The number of anilines is 1. The van der Waals surface area contributed by atoms with Crippen LogP contribution in [0.25, 0.3) is 6.08 Å². The molecular weight excluding hydrogens is 350 g/mol. The molecule has 2 aromatic carbocycles. The lowest BCUT2D eigenvalue weighted by molar-refractivity contribution is 0.104. The van der Waals surface area contributed by atoms with E-state index in [1.165, 1.54) is 0 Å². The zero-order valence-electron chi connectivity index (χ0n) is 16.7. The number of carbonyl (C=O) groups excluding carboxylic acids is 1. The topological polar surface area (TPSA) is 61.5 Å². The minimum absolute atomic E-state index is 0.1000. The molecule has 0 saturated carbocycles. The number of carbonyl (C=O) groups is 1. The molecule has 28 heavy (non-hydrogen) atoms. The normalized spacial score (nSPS) is 10.8. The molecule has 4 nitrogen and oxygen atoms in total. The van der Waals surface area contributed by atoms with Crippen LogP contribution in [-0.2, 0) is 6.42 Å². The van der Waals surface area contributed by atoms with Crippen molar-refractivity contribution in [2.24, 2.45) is 0 Å². The number of ketones is 1. The van der Waals surface area contributed by atoms with Crippen molar-refractivity contribution in [3.63, 3.8) is 0 Å². The van der Waals surface area contributed by atoms with Crippen LogP contribution in [-0.4, -0.2) is 19.0 Å². The van der Waals surface area contributed by atoms with Gasteiger partial charge in [-0.05, 0) is 67.3 Å². The van der Waals surface area contributed by atoms with E-state index in [4.69, 9.17) is 15.2 Å². The number of benzene rings is 2. The van der Waals surface area contributed by atoms with Gasteiger partial charge < -0.3 is 15.2 Å². The lowest BCUT2D eigenvalue weighted by atomic mass is 10.0. The third kappa shape index (κ3) is 5.74. The van der Waals surface area contributed by atoms with Crippen molar-refractivity contribution >= 4 is 17.5 Å². The van der Waals surface area contributed by atoms with E-state index in [2.05, 4.69) is 20.4 Å². The van der Waals surface area contributed by atoms with E-state index in [9.17, 15) is 4.79 Å². The number of hydrogen-bond donors (Lipinski definition) is 1. The van der Waals surface area contributed by atoms with E-state index in [-0.39, 0.29) is 5.78 Å². The second-order valence-electron chi connectivity index (χ2n) is 6.47. The molecule has 0 aliphatic carbocycles. The number of hydrogen-bond acceptors (Lipinski definition) is 4. The Morgan fingerprint density at radius 2 is 1.71 bits per heavy atom. The summed E-state index contributed by atoms with van der Waals surface area (Å²) in [6, 6.07) is 10.8. The Kier molecular flexibility index (Phi) is 8.35. The molecule has 0 bridgehead atoms. The Morgan fingerprint density at radius 3 is 2.36 bits per heavy atom. The number of nitrogen functional groups attached to an aromatic ring is 1. The van der Waals surface area contributed by atoms with Crippen molar-refractivity contribution in [3.8, 4) is 11.5 Å². The van der Waals surface area contributed by atoms with Gasteiger partial charge in [0.1, 0.15) is 11.5 Å². The summed E-state index contributed by atoms with van der Waals surface area (Å²) in [6.07, 6.45) is 7.64. The highest BCUT2D eigenvalue weighted by Gasteiger charge is 2.14. The molecule has 0 aliphatic heterocycles. The van der Waals surface area contributed by atoms with E-state index in [1.54, 1.807) is 36.4 Å². The molecule has 0 heterocycles. The van der Waals surface area contributed by atoms with Gasteiger partial charge in [0.25, 0.3) is 0 Å². The summed E-state index contributed by atoms with van der Waals surface area (Å²) in [6.45, 7) is 9.14. The lowest BCUT2D eigenvalue weighted by Gasteiger charge is -2.17. The van der Waals surface area contributed by atoms with E-state index in [0.29, 0.717) is 36.6 Å². The maximum absolute atomic E-state index is 12.6.